The molecule has 0 fully saturated rings. The van der Waals surface area contributed by atoms with Crippen molar-refractivity contribution < 1.29 is 4.74 Å². The summed E-state index contributed by atoms with van der Waals surface area (Å²) in [5.41, 5.74) is 1.03. The number of hydrogen-bond acceptors (Lipinski definition) is 3. The van der Waals surface area contributed by atoms with Gasteiger partial charge in [0.05, 0.1) is 9.26 Å². The zero-order valence-corrected chi connectivity index (χ0v) is 15.0. The van der Waals surface area contributed by atoms with Crippen molar-refractivity contribution in [1.82, 2.24) is 9.97 Å². The molecule has 0 amide bonds. The highest BCUT2D eigenvalue weighted by Gasteiger charge is 2.18. The van der Waals surface area contributed by atoms with Crippen LogP contribution in [0.1, 0.15) is 58.2 Å². The number of ether oxygens (including phenoxy) is 1. The van der Waals surface area contributed by atoms with E-state index in [1.165, 1.54) is 0 Å². The lowest BCUT2D eigenvalue weighted by Gasteiger charge is -2.17. The third-order valence-electron chi connectivity index (χ3n) is 2.70. The van der Waals surface area contributed by atoms with Crippen LogP contribution in [0.15, 0.2) is 0 Å². The number of hydrogen-bond donors (Lipinski definition) is 0. The van der Waals surface area contributed by atoms with Crippen LogP contribution in [-0.2, 0) is 11.2 Å². The molecule has 0 N–H and O–H groups in total. The summed E-state index contributed by atoms with van der Waals surface area (Å²) in [4.78, 5) is 9.08. The SMILES string of the molecule is CCCC(OCC)c1nc(Cl)c(I)c(CC(C)C)n1. The Morgan fingerprint density at radius 2 is 1.95 bits per heavy atom. The largest absolute Gasteiger partial charge is 0.371 e. The molecular weight excluding hydrogens is 375 g/mol. The first-order valence-electron chi connectivity index (χ1n) is 6.82. The summed E-state index contributed by atoms with van der Waals surface area (Å²) in [6.07, 6.45) is 2.83. The molecule has 5 heteroatoms. The van der Waals surface area contributed by atoms with Crippen molar-refractivity contribution in [1.29, 1.82) is 0 Å². The molecule has 1 atom stereocenters. The predicted molar refractivity (Wildman–Crippen MR) is 87.6 cm³/mol. The van der Waals surface area contributed by atoms with Crippen LogP contribution in [0.4, 0.5) is 0 Å². The molecule has 0 aliphatic rings. The van der Waals surface area contributed by atoms with Gasteiger partial charge in [-0.25, -0.2) is 9.97 Å². The molecule has 1 rings (SSSR count). The molecule has 0 aliphatic heterocycles. The van der Waals surface area contributed by atoms with Crippen molar-refractivity contribution in [2.24, 2.45) is 5.92 Å². The van der Waals surface area contributed by atoms with Gasteiger partial charge >= 0.3 is 0 Å². The van der Waals surface area contributed by atoms with E-state index in [2.05, 4.69) is 53.3 Å². The van der Waals surface area contributed by atoms with Gasteiger partial charge in [0.1, 0.15) is 11.3 Å². The van der Waals surface area contributed by atoms with Gasteiger partial charge < -0.3 is 4.74 Å². The second-order valence-electron chi connectivity index (χ2n) is 4.96. The van der Waals surface area contributed by atoms with E-state index in [1.807, 2.05) is 6.92 Å². The van der Waals surface area contributed by atoms with Gasteiger partial charge in [-0.05, 0) is 48.3 Å². The standard InChI is InChI=1S/C14H22ClIN2O/c1-5-7-11(19-6-2)14-17-10(8-9(3)4)12(16)13(15)18-14/h9,11H,5-8H2,1-4H3. The quantitative estimate of drug-likeness (QED) is 0.490. The molecule has 1 unspecified atom stereocenters. The third-order valence-corrected chi connectivity index (χ3v) is 4.43. The van der Waals surface area contributed by atoms with Gasteiger partial charge in [-0.1, -0.05) is 38.8 Å². The highest BCUT2D eigenvalue weighted by Crippen LogP contribution is 2.26. The summed E-state index contributed by atoms with van der Waals surface area (Å²) in [5.74, 6) is 1.27. The first-order valence-corrected chi connectivity index (χ1v) is 8.28. The monoisotopic (exact) mass is 396 g/mol. The lowest BCUT2D eigenvalue weighted by Crippen LogP contribution is -2.13. The minimum atomic E-state index is -0.0459. The van der Waals surface area contributed by atoms with Crippen LogP contribution in [0.3, 0.4) is 0 Å². The fourth-order valence-electron chi connectivity index (χ4n) is 1.90. The molecule has 108 valence electrons. The fraction of sp³-hybridized carbons (Fsp3) is 0.714. The van der Waals surface area contributed by atoms with Crippen LogP contribution in [-0.4, -0.2) is 16.6 Å². The van der Waals surface area contributed by atoms with Gasteiger partial charge in [0, 0.05) is 6.61 Å². The Labute approximate surface area is 134 Å². The molecular formula is C14H22ClIN2O. The Morgan fingerprint density at radius 1 is 1.26 bits per heavy atom. The van der Waals surface area contributed by atoms with Crippen molar-refractivity contribution in [2.75, 3.05) is 6.61 Å². The first-order chi connectivity index (χ1) is 8.99. The highest BCUT2D eigenvalue weighted by atomic mass is 127. The Kier molecular flexibility index (Phi) is 7.54. The van der Waals surface area contributed by atoms with E-state index in [9.17, 15) is 0 Å². The van der Waals surface area contributed by atoms with E-state index in [0.717, 1.165) is 34.4 Å². The van der Waals surface area contributed by atoms with Gasteiger partial charge in [-0.2, -0.15) is 0 Å². The maximum absolute atomic E-state index is 6.23. The summed E-state index contributed by atoms with van der Waals surface area (Å²) in [6.45, 7) is 9.15. The molecule has 0 aliphatic carbocycles. The number of halogens is 2. The summed E-state index contributed by atoms with van der Waals surface area (Å²) in [7, 11) is 0. The Bertz CT molecular complexity index is 407. The van der Waals surface area contributed by atoms with Crippen molar-refractivity contribution in [3.63, 3.8) is 0 Å². The summed E-state index contributed by atoms with van der Waals surface area (Å²) >= 11 is 8.46. The smallest absolute Gasteiger partial charge is 0.159 e. The van der Waals surface area contributed by atoms with E-state index in [-0.39, 0.29) is 6.10 Å². The number of aromatic nitrogens is 2. The molecule has 0 saturated heterocycles. The Morgan fingerprint density at radius 3 is 2.47 bits per heavy atom. The van der Waals surface area contributed by atoms with Crippen LogP contribution < -0.4 is 0 Å². The lowest BCUT2D eigenvalue weighted by atomic mass is 10.1. The summed E-state index contributed by atoms with van der Waals surface area (Å²) in [6, 6.07) is 0. The molecule has 1 aromatic rings. The predicted octanol–water partition coefficient (Wildman–Crippen LogP) is 4.81. The van der Waals surface area contributed by atoms with Gasteiger partial charge in [-0.15, -0.1) is 0 Å². The maximum atomic E-state index is 6.23. The highest BCUT2D eigenvalue weighted by molar-refractivity contribution is 14.1. The van der Waals surface area contributed by atoms with Crippen molar-refractivity contribution in [2.45, 2.75) is 53.1 Å². The van der Waals surface area contributed by atoms with Gasteiger partial charge in [0.2, 0.25) is 0 Å². The summed E-state index contributed by atoms with van der Waals surface area (Å²) < 4.78 is 6.70. The van der Waals surface area contributed by atoms with E-state index < -0.39 is 0 Å². The molecule has 1 aromatic heterocycles. The van der Waals surface area contributed by atoms with Gasteiger partial charge in [-0.3, -0.25) is 0 Å². The molecule has 1 heterocycles. The van der Waals surface area contributed by atoms with Crippen molar-refractivity contribution in [3.8, 4) is 0 Å². The zero-order chi connectivity index (χ0) is 14.4. The average Bonchev–Trinajstić information content (AvgIpc) is 2.34. The minimum absolute atomic E-state index is 0.0459. The van der Waals surface area contributed by atoms with E-state index in [0.29, 0.717) is 17.7 Å². The lowest BCUT2D eigenvalue weighted by molar-refractivity contribution is 0.0491. The Hall–Kier alpha value is 0.0600. The van der Waals surface area contributed by atoms with E-state index in [1.54, 1.807) is 0 Å². The normalized spacial score (nSPS) is 13.0. The van der Waals surface area contributed by atoms with Crippen LogP contribution in [0.25, 0.3) is 0 Å². The van der Waals surface area contributed by atoms with Crippen LogP contribution in [0, 0.1) is 9.49 Å². The molecule has 19 heavy (non-hydrogen) atoms. The average molecular weight is 397 g/mol. The molecule has 0 bridgehead atoms. The molecule has 0 spiro atoms. The molecule has 0 aromatic carbocycles. The van der Waals surface area contributed by atoms with Crippen molar-refractivity contribution in [3.05, 3.63) is 20.2 Å². The number of rotatable bonds is 7. The molecule has 0 radical (unpaired) electrons. The summed E-state index contributed by atoms with van der Waals surface area (Å²) in [5, 5.41) is 0.544. The number of nitrogens with zero attached hydrogens (tertiary/aromatic N) is 2. The van der Waals surface area contributed by atoms with Crippen LogP contribution in [0.2, 0.25) is 5.15 Å². The Balaban J connectivity index is 3.09. The van der Waals surface area contributed by atoms with E-state index in [4.69, 9.17) is 16.3 Å². The van der Waals surface area contributed by atoms with Crippen LogP contribution in [0.5, 0.6) is 0 Å². The first kappa shape index (κ1) is 17.1. The second kappa shape index (κ2) is 8.37. The zero-order valence-electron chi connectivity index (χ0n) is 12.0. The van der Waals surface area contributed by atoms with E-state index >= 15 is 0 Å². The fourth-order valence-corrected chi connectivity index (χ4v) is 2.55. The molecule has 0 saturated carbocycles. The second-order valence-corrected chi connectivity index (χ2v) is 6.40. The van der Waals surface area contributed by atoms with Gasteiger partial charge in [0.25, 0.3) is 0 Å². The topological polar surface area (TPSA) is 35.0 Å². The van der Waals surface area contributed by atoms with Crippen molar-refractivity contribution >= 4 is 34.2 Å². The minimum Gasteiger partial charge on any atom is -0.371 e. The van der Waals surface area contributed by atoms with Gasteiger partial charge in [0.15, 0.2) is 5.82 Å². The third kappa shape index (κ3) is 5.16. The maximum Gasteiger partial charge on any atom is 0.159 e. The van der Waals surface area contributed by atoms with Crippen LogP contribution >= 0.6 is 34.2 Å². The molecule has 3 nitrogen and oxygen atoms in total.